The van der Waals surface area contributed by atoms with Crippen molar-refractivity contribution in [2.24, 2.45) is 0 Å². The fraction of sp³-hybridized carbons (Fsp3) is 0.241. The molecule has 0 N–H and O–H groups in total. The van der Waals surface area contributed by atoms with E-state index in [4.69, 9.17) is 0 Å². The van der Waals surface area contributed by atoms with Crippen LogP contribution < -0.4 is 0 Å². The Labute approximate surface area is 200 Å². The number of hydrogen-bond donors (Lipinski definition) is 0. The Morgan fingerprint density at radius 2 is 1.31 bits per heavy atom. The summed E-state index contributed by atoms with van der Waals surface area (Å²) in [6, 6.07) is 16.7. The maximum absolute atomic E-state index is 15.3. The Balaban J connectivity index is 1.60. The zero-order valence-corrected chi connectivity index (χ0v) is 19.2. The highest BCUT2D eigenvalue weighted by atomic mass is 19.4. The Kier molecular flexibility index (Phi) is 7.20. The Morgan fingerprint density at radius 1 is 0.657 bits per heavy atom. The van der Waals surface area contributed by atoms with Crippen molar-refractivity contribution >= 4 is 10.8 Å². The van der Waals surface area contributed by atoms with E-state index in [0.717, 1.165) is 18.2 Å². The Bertz CT molecular complexity index is 1310. The van der Waals surface area contributed by atoms with E-state index in [2.05, 4.69) is 6.92 Å². The van der Waals surface area contributed by atoms with Crippen LogP contribution in [0.4, 0.5) is 26.3 Å². The van der Waals surface area contributed by atoms with Crippen LogP contribution in [-0.4, -0.2) is 0 Å². The van der Waals surface area contributed by atoms with Crippen molar-refractivity contribution < 1.29 is 26.3 Å². The minimum Gasteiger partial charge on any atom is -0.206 e. The van der Waals surface area contributed by atoms with Gasteiger partial charge in [0.15, 0.2) is 0 Å². The van der Waals surface area contributed by atoms with Gasteiger partial charge in [-0.25, -0.2) is 13.2 Å². The lowest BCUT2D eigenvalue weighted by Gasteiger charge is -2.12. The lowest BCUT2D eigenvalue weighted by molar-refractivity contribution is -0.142. The molecule has 6 heteroatoms. The van der Waals surface area contributed by atoms with Crippen molar-refractivity contribution in [3.8, 4) is 22.3 Å². The van der Waals surface area contributed by atoms with Gasteiger partial charge in [0.2, 0.25) is 0 Å². The third kappa shape index (κ3) is 5.37. The lowest BCUT2D eigenvalue weighted by atomic mass is 9.96. The van der Waals surface area contributed by atoms with E-state index in [9.17, 15) is 22.0 Å². The van der Waals surface area contributed by atoms with Gasteiger partial charge in [0.05, 0.1) is 0 Å². The molecule has 0 aromatic heterocycles. The SMILES string of the molecule is CCCCCCc1ccc2c(F)c(-c3ccc(-c4cc(F)c(C(F)(F)F)c(F)c4)cc3)ccc2c1. The quantitative estimate of drug-likeness (QED) is 0.180. The molecular formula is C29H24F6. The number of aryl methyl sites for hydroxylation is 1. The molecule has 0 radical (unpaired) electrons. The van der Waals surface area contributed by atoms with E-state index in [1.54, 1.807) is 24.3 Å². The number of alkyl halides is 3. The summed E-state index contributed by atoms with van der Waals surface area (Å²) >= 11 is 0. The molecule has 0 atom stereocenters. The normalized spacial score (nSPS) is 11.9. The van der Waals surface area contributed by atoms with Crippen LogP contribution >= 0.6 is 0 Å². The number of hydrogen-bond acceptors (Lipinski definition) is 0. The van der Waals surface area contributed by atoms with Crippen molar-refractivity contribution in [3.63, 3.8) is 0 Å². The van der Waals surface area contributed by atoms with Gasteiger partial charge < -0.3 is 0 Å². The Morgan fingerprint density at radius 3 is 1.94 bits per heavy atom. The molecule has 0 unspecified atom stereocenters. The summed E-state index contributed by atoms with van der Waals surface area (Å²) in [7, 11) is 0. The first-order valence-electron chi connectivity index (χ1n) is 11.6. The van der Waals surface area contributed by atoms with Gasteiger partial charge >= 0.3 is 6.18 Å². The van der Waals surface area contributed by atoms with E-state index >= 15 is 4.39 Å². The van der Waals surface area contributed by atoms with E-state index in [1.807, 2.05) is 18.2 Å². The minimum absolute atomic E-state index is 0.0370. The first-order chi connectivity index (χ1) is 16.7. The third-order valence-corrected chi connectivity index (χ3v) is 6.19. The van der Waals surface area contributed by atoms with Crippen LogP contribution in [0, 0.1) is 17.5 Å². The molecule has 4 aromatic carbocycles. The van der Waals surface area contributed by atoms with Crippen LogP contribution in [0.1, 0.15) is 43.7 Å². The molecule has 4 aromatic rings. The molecule has 0 saturated carbocycles. The molecule has 0 aliphatic carbocycles. The van der Waals surface area contributed by atoms with Crippen molar-refractivity contribution in [3.05, 3.63) is 95.3 Å². The summed E-state index contributed by atoms with van der Waals surface area (Å²) in [6.45, 7) is 2.16. The minimum atomic E-state index is -5.13. The maximum atomic E-state index is 15.3. The van der Waals surface area contributed by atoms with Crippen molar-refractivity contribution in [2.45, 2.75) is 45.2 Å². The summed E-state index contributed by atoms with van der Waals surface area (Å²) in [5, 5.41) is 1.31. The van der Waals surface area contributed by atoms with Crippen LogP contribution in [-0.2, 0) is 12.6 Å². The molecule has 0 fully saturated rings. The molecule has 0 spiro atoms. The van der Waals surface area contributed by atoms with E-state index in [-0.39, 0.29) is 11.4 Å². The first-order valence-corrected chi connectivity index (χ1v) is 11.6. The van der Waals surface area contributed by atoms with Crippen LogP contribution in [0.25, 0.3) is 33.0 Å². The summed E-state index contributed by atoms with van der Waals surface area (Å²) in [5.74, 6) is -3.73. The molecular weight excluding hydrogens is 462 g/mol. The number of benzene rings is 4. The molecule has 4 rings (SSSR count). The van der Waals surface area contributed by atoms with E-state index in [1.165, 1.54) is 37.0 Å². The number of unbranched alkanes of at least 4 members (excludes halogenated alkanes) is 3. The fourth-order valence-corrected chi connectivity index (χ4v) is 4.33. The van der Waals surface area contributed by atoms with Crippen LogP contribution in [0.3, 0.4) is 0 Å². The number of fused-ring (bicyclic) bond motifs is 1. The highest BCUT2D eigenvalue weighted by Crippen LogP contribution is 2.37. The molecule has 0 saturated heterocycles. The maximum Gasteiger partial charge on any atom is 0.422 e. The topological polar surface area (TPSA) is 0 Å². The molecule has 182 valence electrons. The Hall–Kier alpha value is -3.28. The highest BCUT2D eigenvalue weighted by Gasteiger charge is 2.38. The summed E-state index contributed by atoms with van der Waals surface area (Å²) in [5.41, 5.74) is 0.440. The summed E-state index contributed by atoms with van der Waals surface area (Å²) < 4.78 is 81.7. The van der Waals surface area contributed by atoms with E-state index in [0.29, 0.717) is 34.2 Å². The van der Waals surface area contributed by atoms with Gasteiger partial charge in [0.25, 0.3) is 0 Å². The average Bonchev–Trinajstić information content (AvgIpc) is 2.81. The number of rotatable bonds is 7. The first kappa shape index (κ1) is 24.8. The summed E-state index contributed by atoms with van der Waals surface area (Å²) in [4.78, 5) is 0. The molecule has 35 heavy (non-hydrogen) atoms. The van der Waals surface area contributed by atoms with Gasteiger partial charge in [-0.2, -0.15) is 13.2 Å². The van der Waals surface area contributed by atoms with Crippen LogP contribution in [0.15, 0.2) is 66.7 Å². The van der Waals surface area contributed by atoms with Crippen LogP contribution in [0.2, 0.25) is 0 Å². The monoisotopic (exact) mass is 486 g/mol. The fourth-order valence-electron chi connectivity index (χ4n) is 4.33. The van der Waals surface area contributed by atoms with Crippen molar-refractivity contribution in [1.29, 1.82) is 0 Å². The highest BCUT2D eigenvalue weighted by molar-refractivity contribution is 5.89. The summed E-state index contributed by atoms with van der Waals surface area (Å²) in [6.07, 6.45) is 0.465. The second-order valence-electron chi connectivity index (χ2n) is 8.68. The van der Waals surface area contributed by atoms with Gasteiger partial charge in [0, 0.05) is 10.9 Å². The smallest absolute Gasteiger partial charge is 0.206 e. The largest absolute Gasteiger partial charge is 0.422 e. The zero-order valence-electron chi connectivity index (χ0n) is 19.2. The lowest BCUT2D eigenvalue weighted by Crippen LogP contribution is -2.11. The van der Waals surface area contributed by atoms with E-state index < -0.39 is 23.4 Å². The molecule has 0 heterocycles. The van der Waals surface area contributed by atoms with Crippen LogP contribution in [0.5, 0.6) is 0 Å². The molecule has 0 aliphatic rings. The molecule has 0 amide bonds. The second-order valence-corrected chi connectivity index (χ2v) is 8.68. The third-order valence-electron chi connectivity index (χ3n) is 6.19. The molecule has 0 nitrogen and oxygen atoms in total. The standard InChI is InChI=1S/C29H24F6/c1-2-3-4-5-6-18-7-13-24-21(15-18)12-14-23(28(24)32)20-10-8-19(9-11-20)22-16-25(30)27(26(31)17-22)29(33,34)35/h7-17H,2-6H2,1H3. The molecule has 0 aliphatic heterocycles. The predicted octanol–water partition coefficient (Wildman–Crippen LogP) is 9.73. The van der Waals surface area contributed by atoms with Gasteiger partial charge in [0.1, 0.15) is 23.0 Å². The second kappa shape index (κ2) is 10.1. The van der Waals surface area contributed by atoms with Gasteiger partial charge in [-0.15, -0.1) is 0 Å². The molecule has 0 bridgehead atoms. The van der Waals surface area contributed by atoms with Gasteiger partial charge in [-0.1, -0.05) is 80.8 Å². The number of halogens is 6. The van der Waals surface area contributed by atoms with Gasteiger partial charge in [-0.05, 0) is 52.6 Å². The van der Waals surface area contributed by atoms with Crippen molar-refractivity contribution in [2.75, 3.05) is 0 Å². The average molecular weight is 486 g/mol. The zero-order chi connectivity index (χ0) is 25.2. The van der Waals surface area contributed by atoms with Gasteiger partial charge in [-0.3, -0.25) is 0 Å². The predicted molar refractivity (Wildman–Crippen MR) is 128 cm³/mol. The van der Waals surface area contributed by atoms with Crippen molar-refractivity contribution in [1.82, 2.24) is 0 Å².